The van der Waals surface area contributed by atoms with Crippen molar-refractivity contribution in [3.63, 3.8) is 0 Å². The van der Waals surface area contributed by atoms with E-state index in [0.29, 0.717) is 18.8 Å². The maximum Gasteiger partial charge on any atom is 0.342 e. The van der Waals surface area contributed by atoms with Crippen LogP contribution in [0, 0.1) is 16.0 Å². The molecule has 0 bridgehead atoms. The summed E-state index contributed by atoms with van der Waals surface area (Å²) in [7, 11) is 0. The lowest BCUT2D eigenvalue weighted by atomic mass is 10.0. The molecular formula is C13H16N2O5. The number of hydrogen-bond acceptors (Lipinski definition) is 5. The minimum absolute atomic E-state index is 0.0445. The Balaban J connectivity index is 2.40. The normalized spacial score (nSPS) is 19.9. The van der Waals surface area contributed by atoms with Gasteiger partial charge in [0.05, 0.1) is 11.0 Å². The fourth-order valence-corrected chi connectivity index (χ4v) is 2.55. The van der Waals surface area contributed by atoms with E-state index in [9.17, 15) is 20.0 Å². The number of carboxylic acid groups (broad SMARTS) is 1. The van der Waals surface area contributed by atoms with Gasteiger partial charge in [-0.15, -0.1) is 0 Å². The van der Waals surface area contributed by atoms with E-state index in [0.717, 1.165) is 6.42 Å². The van der Waals surface area contributed by atoms with Gasteiger partial charge in [0.2, 0.25) is 0 Å². The third-order valence-electron chi connectivity index (χ3n) is 3.68. The highest BCUT2D eigenvalue weighted by molar-refractivity contribution is 5.95. The molecular weight excluding hydrogens is 264 g/mol. The number of aliphatic hydroxyl groups excluding tert-OH is 1. The van der Waals surface area contributed by atoms with Crippen molar-refractivity contribution >= 4 is 17.3 Å². The second-order valence-electron chi connectivity index (χ2n) is 4.97. The van der Waals surface area contributed by atoms with Gasteiger partial charge in [0.1, 0.15) is 11.3 Å². The minimum atomic E-state index is -1.31. The summed E-state index contributed by atoms with van der Waals surface area (Å²) in [6.07, 6.45) is 0.244. The SMILES string of the molecule is CC(O)C1CCN(c2cccc(C(=O)O)c2[N+](=O)[O-])C1. The highest BCUT2D eigenvalue weighted by Crippen LogP contribution is 2.35. The Morgan fingerprint density at radius 1 is 1.55 bits per heavy atom. The molecule has 1 fully saturated rings. The van der Waals surface area contributed by atoms with Gasteiger partial charge in [-0.1, -0.05) is 6.07 Å². The number of nitrogens with zero attached hydrogens (tertiary/aromatic N) is 2. The van der Waals surface area contributed by atoms with Crippen LogP contribution in [0.25, 0.3) is 0 Å². The summed E-state index contributed by atoms with van der Waals surface area (Å²) < 4.78 is 0. The standard InChI is InChI=1S/C13H16N2O5/c1-8(16)9-5-6-14(7-9)11-4-2-3-10(13(17)18)12(11)15(19)20/h2-4,8-9,16H,5-7H2,1H3,(H,17,18). The number of nitro benzene ring substituents is 1. The van der Waals surface area contributed by atoms with Crippen LogP contribution in [0.3, 0.4) is 0 Å². The Labute approximate surface area is 115 Å². The zero-order chi connectivity index (χ0) is 14.9. The number of para-hydroxylation sites is 1. The number of anilines is 1. The van der Waals surface area contributed by atoms with Gasteiger partial charge >= 0.3 is 11.7 Å². The number of rotatable bonds is 4. The van der Waals surface area contributed by atoms with Gasteiger partial charge in [-0.2, -0.15) is 0 Å². The van der Waals surface area contributed by atoms with E-state index in [-0.39, 0.29) is 17.2 Å². The van der Waals surface area contributed by atoms with Crippen molar-refractivity contribution < 1.29 is 19.9 Å². The molecule has 0 aromatic heterocycles. The van der Waals surface area contributed by atoms with Crippen LogP contribution in [-0.4, -0.2) is 40.3 Å². The molecule has 0 radical (unpaired) electrons. The second-order valence-corrected chi connectivity index (χ2v) is 4.97. The third kappa shape index (κ3) is 2.57. The van der Waals surface area contributed by atoms with Crippen molar-refractivity contribution in [1.82, 2.24) is 0 Å². The predicted octanol–water partition coefficient (Wildman–Crippen LogP) is 1.50. The Bertz CT molecular complexity index is 544. The van der Waals surface area contributed by atoms with E-state index < -0.39 is 17.0 Å². The van der Waals surface area contributed by atoms with Crippen LogP contribution >= 0.6 is 0 Å². The van der Waals surface area contributed by atoms with Crippen LogP contribution in [-0.2, 0) is 0 Å². The first-order valence-corrected chi connectivity index (χ1v) is 6.35. The number of carboxylic acids is 1. The number of benzene rings is 1. The molecule has 1 heterocycles. The summed E-state index contributed by atoms with van der Waals surface area (Å²) in [6, 6.07) is 4.28. The third-order valence-corrected chi connectivity index (χ3v) is 3.68. The molecule has 0 saturated carbocycles. The van der Waals surface area contributed by atoms with E-state index in [1.165, 1.54) is 12.1 Å². The van der Waals surface area contributed by atoms with Crippen LogP contribution in [0.1, 0.15) is 23.7 Å². The summed E-state index contributed by atoms with van der Waals surface area (Å²) in [5.41, 5.74) is -0.391. The molecule has 108 valence electrons. The quantitative estimate of drug-likeness (QED) is 0.639. The average Bonchev–Trinajstić information content (AvgIpc) is 2.87. The van der Waals surface area contributed by atoms with Crippen molar-refractivity contribution in [3.8, 4) is 0 Å². The lowest BCUT2D eigenvalue weighted by Gasteiger charge is -2.20. The smallest absolute Gasteiger partial charge is 0.342 e. The molecule has 0 aliphatic carbocycles. The maximum atomic E-state index is 11.2. The first kappa shape index (κ1) is 14.3. The highest BCUT2D eigenvalue weighted by atomic mass is 16.6. The second kappa shape index (κ2) is 5.46. The van der Waals surface area contributed by atoms with E-state index in [1.807, 2.05) is 0 Å². The van der Waals surface area contributed by atoms with Gasteiger partial charge in [-0.25, -0.2) is 4.79 Å². The lowest BCUT2D eigenvalue weighted by Crippen LogP contribution is -2.25. The Morgan fingerprint density at radius 2 is 2.25 bits per heavy atom. The van der Waals surface area contributed by atoms with E-state index in [4.69, 9.17) is 5.11 Å². The number of carbonyl (C=O) groups is 1. The molecule has 7 heteroatoms. The summed E-state index contributed by atoms with van der Waals surface area (Å²) in [5, 5.41) is 29.8. The summed E-state index contributed by atoms with van der Waals surface area (Å²) in [4.78, 5) is 23.4. The van der Waals surface area contributed by atoms with Crippen LogP contribution < -0.4 is 4.90 Å². The van der Waals surface area contributed by atoms with Crippen molar-refractivity contribution in [2.45, 2.75) is 19.4 Å². The van der Waals surface area contributed by atoms with Crippen molar-refractivity contribution in [2.75, 3.05) is 18.0 Å². The molecule has 2 rings (SSSR count). The molecule has 2 atom stereocenters. The summed E-state index contributed by atoms with van der Waals surface area (Å²) in [6.45, 7) is 2.75. The molecule has 1 saturated heterocycles. The predicted molar refractivity (Wildman–Crippen MR) is 72.1 cm³/mol. The minimum Gasteiger partial charge on any atom is -0.477 e. The van der Waals surface area contributed by atoms with Crippen molar-refractivity contribution in [3.05, 3.63) is 33.9 Å². The molecule has 2 N–H and O–H groups in total. The first-order valence-electron chi connectivity index (χ1n) is 6.35. The van der Waals surface area contributed by atoms with Crippen LogP contribution in [0.4, 0.5) is 11.4 Å². The van der Waals surface area contributed by atoms with E-state index >= 15 is 0 Å². The van der Waals surface area contributed by atoms with Crippen molar-refractivity contribution in [1.29, 1.82) is 0 Å². The fraction of sp³-hybridized carbons (Fsp3) is 0.462. The topological polar surface area (TPSA) is 104 Å². The number of hydrogen-bond donors (Lipinski definition) is 2. The van der Waals surface area contributed by atoms with Crippen LogP contribution in [0.15, 0.2) is 18.2 Å². The monoisotopic (exact) mass is 280 g/mol. The average molecular weight is 280 g/mol. The lowest BCUT2D eigenvalue weighted by molar-refractivity contribution is -0.384. The largest absolute Gasteiger partial charge is 0.477 e. The summed E-state index contributed by atoms with van der Waals surface area (Å²) in [5.74, 6) is -1.27. The number of aromatic carboxylic acids is 1. The van der Waals surface area contributed by atoms with Crippen LogP contribution in [0.5, 0.6) is 0 Å². The molecule has 1 aliphatic rings. The first-order chi connectivity index (χ1) is 9.41. The Morgan fingerprint density at radius 3 is 2.75 bits per heavy atom. The Hall–Kier alpha value is -2.15. The van der Waals surface area contributed by atoms with Gasteiger partial charge in [-0.05, 0) is 25.5 Å². The molecule has 1 aliphatic heterocycles. The maximum absolute atomic E-state index is 11.2. The molecule has 7 nitrogen and oxygen atoms in total. The van der Waals surface area contributed by atoms with Gasteiger partial charge in [0, 0.05) is 19.0 Å². The summed E-state index contributed by atoms with van der Waals surface area (Å²) >= 11 is 0. The van der Waals surface area contributed by atoms with Gasteiger partial charge < -0.3 is 15.1 Å². The number of nitro groups is 1. The highest BCUT2D eigenvalue weighted by Gasteiger charge is 2.32. The van der Waals surface area contributed by atoms with Gasteiger partial charge in [-0.3, -0.25) is 10.1 Å². The molecule has 20 heavy (non-hydrogen) atoms. The fourth-order valence-electron chi connectivity index (χ4n) is 2.55. The molecule has 0 amide bonds. The van der Waals surface area contributed by atoms with E-state index in [1.54, 1.807) is 17.9 Å². The zero-order valence-corrected chi connectivity index (χ0v) is 11.0. The molecule has 0 spiro atoms. The molecule has 2 unspecified atom stereocenters. The van der Waals surface area contributed by atoms with Gasteiger partial charge in [0.25, 0.3) is 0 Å². The van der Waals surface area contributed by atoms with Crippen LogP contribution in [0.2, 0.25) is 0 Å². The van der Waals surface area contributed by atoms with E-state index in [2.05, 4.69) is 0 Å². The Kier molecular flexibility index (Phi) is 3.89. The molecule has 1 aromatic rings. The molecule has 1 aromatic carbocycles. The zero-order valence-electron chi connectivity index (χ0n) is 11.0. The number of aliphatic hydroxyl groups is 1. The van der Waals surface area contributed by atoms with Gasteiger partial charge in [0.15, 0.2) is 0 Å². The van der Waals surface area contributed by atoms with Crippen molar-refractivity contribution in [2.24, 2.45) is 5.92 Å².